The molecule has 3 N–H and O–H groups in total. The maximum Gasteiger partial charge on any atom is 0.169 e. The lowest BCUT2D eigenvalue weighted by atomic mass is 10.1. The Morgan fingerprint density at radius 2 is 2.20 bits per heavy atom. The highest BCUT2D eigenvalue weighted by Crippen LogP contribution is 2.37. The molecule has 60 valence electrons. The van der Waals surface area contributed by atoms with Crippen LogP contribution in [0, 0.1) is 0 Å². The van der Waals surface area contributed by atoms with Crippen molar-refractivity contribution in [3.05, 3.63) is 0 Å². The Morgan fingerprint density at radius 3 is 2.60 bits per heavy atom. The highest BCUT2D eigenvalue weighted by molar-refractivity contribution is 7.46. The predicted molar refractivity (Wildman–Crippen MR) is 41.8 cm³/mol. The predicted octanol–water partition coefficient (Wildman–Crippen LogP) is 0.423. The van der Waals surface area contributed by atoms with E-state index in [-0.39, 0.29) is 11.7 Å². The third-order valence-corrected chi connectivity index (χ3v) is 3.32. The van der Waals surface area contributed by atoms with Crippen molar-refractivity contribution in [2.24, 2.45) is 0 Å². The fraction of sp³-hybridized carbons (Fsp3) is 1.00. The third-order valence-electron chi connectivity index (χ3n) is 2.02. The fourth-order valence-electron chi connectivity index (χ4n) is 1.34. The first kappa shape index (κ1) is 8.41. The van der Waals surface area contributed by atoms with Crippen molar-refractivity contribution < 1.29 is 9.79 Å². The van der Waals surface area contributed by atoms with E-state index in [9.17, 15) is 0 Å². The van der Waals surface area contributed by atoms with Gasteiger partial charge in [-0.3, -0.25) is 0 Å². The van der Waals surface area contributed by atoms with E-state index in [1.807, 2.05) is 6.92 Å². The third kappa shape index (κ3) is 1.89. The van der Waals surface area contributed by atoms with E-state index in [4.69, 9.17) is 9.79 Å². The lowest BCUT2D eigenvalue weighted by Crippen LogP contribution is -2.41. The molecular weight excluding hydrogens is 149 g/mol. The molecule has 0 radical (unpaired) electrons. The molecule has 0 amide bonds. The second kappa shape index (κ2) is 3.63. The van der Waals surface area contributed by atoms with Crippen LogP contribution >= 0.6 is 8.38 Å². The molecule has 0 bridgehead atoms. The van der Waals surface area contributed by atoms with Crippen LogP contribution in [0.1, 0.15) is 19.8 Å². The number of hydrogen-bond acceptors (Lipinski definition) is 3. The Kier molecular flexibility index (Phi) is 3.05. The lowest BCUT2D eigenvalue weighted by Gasteiger charge is -2.30. The molecule has 4 heteroatoms. The zero-order chi connectivity index (χ0) is 7.56. The van der Waals surface area contributed by atoms with E-state index in [1.54, 1.807) is 0 Å². The Hall–Kier alpha value is 0.310. The molecule has 2 unspecified atom stereocenters. The summed E-state index contributed by atoms with van der Waals surface area (Å²) in [5, 5.41) is 3.21. The molecule has 0 spiro atoms. The molecular formula is C6H14NO2P. The van der Waals surface area contributed by atoms with Crippen LogP contribution < -0.4 is 5.32 Å². The summed E-state index contributed by atoms with van der Waals surface area (Å²) in [6.07, 6.45) is 2.02. The molecule has 0 aromatic heterocycles. The largest absolute Gasteiger partial charge is 0.350 e. The van der Waals surface area contributed by atoms with Crippen LogP contribution in [0.25, 0.3) is 0 Å². The van der Waals surface area contributed by atoms with Gasteiger partial charge in [0.15, 0.2) is 8.38 Å². The van der Waals surface area contributed by atoms with Gasteiger partial charge >= 0.3 is 0 Å². The van der Waals surface area contributed by atoms with Gasteiger partial charge in [-0.2, -0.15) is 0 Å². The highest BCUT2D eigenvalue weighted by atomic mass is 31.2. The molecule has 10 heavy (non-hydrogen) atoms. The Morgan fingerprint density at radius 1 is 1.50 bits per heavy atom. The van der Waals surface area contributed by atoms with Crippen LogP contribution in [0.2, 0.25) is 0 Å². The second-order valence-corrected chi connectivity index (χ2v) is 4.08. The van der Waals surface area contributed by atoms with Crippen molar-refractivity contribution in [3.63, 3.8) is 0 Å². The van der Waals surface area contributed by atoms with Crippen molar-refractivity contribution in [2.75, 3.05) is 6.54 Å². The number of rotatable bonds is 1. The molecule has 0 saturated carbocycles. The van der Waals surface area contributed by atoms with E-state index >= 15 is 0 Å². The van der Waals surface area contributed by atoms with Crippen molar-refractivity contribution in [1.29, 1.82) is 0 Å². The first-order valence-electron chi connectivity index (χ1n) is 3.62. The van der Waals surface area contributed by atoms with Gasteiger partial charge in [-0.25, -0.2) is 0 Å². The average molecular weight is 163 g/mol. The van der Waals surface area contributed by atoms with E-state index in [0.29, 0.717) is 0 Å². The molecule has 1 heterocycles. The molecule has 3 nitrogen and oxygen atoms in total. The summed E-state index contributed by atoms with van der Waals surface area (Å²) in [6.45, 7) is 3.02. The minimum absolute atomic E-state index is 0.0868. The molecule has 1 rings (SSSR count). The molecule has 0 aliphatic carbocycles. The molecule has 0 aromatic carbocycles. The summed E-state index contributed by atoms with van der Waals surface area (Å²) < 4.78 is 0. The smallest absolute Gasteiger partial charge is 0.169 e. The summed E-state index contributed by atoms with van der Waals surface area (Å²) in [5.41, 5.74) is 0.0868. The minimum Gasteiger partial charge on any atom is -0.350 e. The second-order valence-electron chi connectivity index (χ2n) is 2.77. The van der Waals surface area contributed by atoms with Crippen LogP contribution in [-0.2, 0) is 0 Å². The van der Waals surface area contributed by atoms with Gasteiger partial charge in [-0.1, -0.05) is 0 Å². The van der Waals surface area contributed by atoms with Gasteiger partial charge in [0.05, 0.1) is 0 Å². The van der Waals surface area contributed by atoms with Gasteiger partial charge in [-0.15, -0.1) is 0 Å². The summed E-state index contributed by atoms with van der Waals surface area (Å²) in [6, 6.07) is 0.273. The topological polar surface area (TPSA) is 52.5 Å². The van der Waals surface area contributed by atoms with Crippen molar-refractivity contribution in [3.8, 4) is 0 Å². The maximum atomic E-state index is 8.93. The Balaban J connectivity index is 2.40. The molecule has 1 saturated heterocycles. The van der Waals surface area contributed by atoms with Crippen molar-refractivity contribution in [1.82, 2.24) is 5.32 Å². The lowest BCUT2D eigenvalue weighted by molar-refractivity contribution is 0.380. The summed E-state index contributed by atoms with van der Waals surface area (Å²) >= 11 is 0. The van der Waals surface area contributed by atoms with Crippen LogP contribution in [0.5, 0.6) is 0 Å². The van der Waals surface area contributed by atoms with E-state index in [1.165, 1.54) is 0 Å². The molecule has 2 atom stereocenters. The van der Waals surface area contributed by atoms with Gasteiger partial charge in [0.25, 0.3) is 0 Å². The van der Waals surface area contributed by atoms with Gasteiger partial charge < -0.3 is 15.1 Å². The zero-order valence-corrected chi connectivity index (χ0v) is 7.01. The van der Waals surface area contributed by atoms with Crippen LogP contribution in [0.15, 0.2) is 0 Å². The summed E-state index contributed by atoms with van der Waals surface area (Å²) in [7, 11) is -1.72. The van der Waals surface area contributed by atoms with Gasteiger partial charge in [0.1, 0.15) is 0 Å². The van der Waals surface area contributed by atoms with Crippen molar-refractivity contribution in [2.45, 2.75) is 31.5 Å². The zero-order valence-electron chi connectivity index (χ0n) is 6.12. The Bertz CT molecular complexity index is 110. The maximum absolute atomic E-state index is 8.93. The fourth-order valence-corrected chi connectivity index (χ4v) is 2.26. The van der Waals surface area contributed by atoms with E-state index in [2.05, 4.69) is 5.32 Å². The SMILES string of the molecule is CC1NCCCC1P(O)O. The highest BCUT2D eigenvalue weighted by Gasteiger charge is 2.26. The quantitative estimate of drug-likeness (QED) is 0.491. The molecule has 1 aliphatic rings. The van der Waals surface area contributed by atoms with E-state index in [0.717, 1.165) is 19.4 Å². The van der Waals surface area contributed by atoms with Gasteiger partial charge in [0.2, 0.25) is 0 Å². The number of hydrogen-bond donors (Lipinski definition) is 3. The summed E-state index contributed by atoms with van der Waals surface area (Å²) in [5.74, 6) is 0. The first-order chi connectivity index (χ1) is 4.72. The minimum atomic E-state index is -1.72. The molecule has 1 aliphatic heterocycles. The van der Waals surface area contributed by atoms with Crippen LogP contribution in [-0.4, -0.2) is 28.0 Å². The normalized spacial score (nSPS) is 34.8. The van der Waals surface area contributed by atoms with Crippen LogP contribution in [0.4, 0.5) is 0 Å². The first-order valence-corrected chi connectivity index (χ1v) is 4.94. The monoisotopic (exact) mass is 163 g/mol. The molecule has 1 fully saturated rings. The van der Waals surface area contributed by atoms with Crippen molar-refractivity contribution >= 4 is 8.38 Å². The van der Waals surface area contributed by atoms with Gasteiger partial charge in [0, 0.05) is 11.7 Å². The standard InChI is InChI=1S/C6H14NO2P/c1-5-6(10(8)9)3-2-4-7-5/h5-9H,2-4H2,1H3. The number of piperidine rings is 1. The average Bonchev–Trinajstić information content (AvgIpc) is 1.88. The Labute approximate surface area is 62.4 Å². The number of nitrogens with one attached hydrogen (secondary N) is 1. The van der Waals surface area contributed by atoms with E-state index < -0.39 is 8.38 Å². The van der Waals surface area contributed by atoms with Gasteiger partial charge in [-0.05, 0) is 26.3 Å². The molecule has 0 aromatic rings. The summed E-state index contributed by atoms with van der Waals surface area (Å²) in [4.78, 5) is 17.9. The van der Waals surface area contributed by atoms with Crippen LogP contribution in [0.3, 0.4) is 0 Å².